The van der Waals surface area contributed by atoms with Crippen molar-refractivity contribution in [1.82, 2.24) is 24.6 Å². The molecule has 2 fully saturated rings. The summed E-state index contributed by atoms with van der Waals surface area (Å²) >= 11 is 0. The van der Waals surface area contributed by atoms with E-state index in [0.29, 0.717) is 19.5 Å². The molecule has 1 atom stereocenters. The highest BCUT2D eigenvalue weighted by molar-refractivity contribution is 5.86. The fourth-order valence-corrected chi connectivity index (χ4v) is 4.47. The van der Waals surface area contributed by atoms with Crippen molar-refractivity contribution in [2.45, 2.75) is 45.3 Å². The first-order valence-corrected chi connectivity index (χ1v) is 11.2. The van der Waals surface area contributed by atoms with Crippen LogP contribution >= 0.6 is 0 Å². The molecular weight excluding hydrogens is 467 g/mol. The molecule has 4 rings (SSSR count). The van der Waals surface area contributed by atoms with Crippen molar-refractivity contribution in [2.24, 2.45) is 12.5 Å². The summed E-state index contributed by atoms with van der Waals surface area (Å²) in [5, 5.41) is 11.4. The van der Waals surface area contributed by atoms with Crippen LogP contribution < -0.4 is 0 Å². The first kappa shape index (κ1) is 26.2. The second kappa shape index (κ2) is 10.4. The number of carbonyl (C=O) groups excluding carboxylic acids is 2. The van der Waals surface area contributed by atoms with Crippen LogP contribution in [0.1, 0.15) is 36.3 Å². The van der Waals surface area contributed by atoms with Gasteiger partial charge >= 0.3 is 12.1 Å². The molecule has 1 unspecified atom stereocenters. The smallest absolute Gasteiger partial charge is 0.475 e. The lowest BCUT2D eigenvalue weighted by atomic mass is 9.78. The monoisotopic (exact) mass is 495 g/mol. The fraction of sp³-hybridized carbons (Fsp3) is 0.522. The number of hydrogen-bond donors (Lipinski definition) is 1. The average Bonchev–Trinajstić information content (AvgIpc) is 3.32. The molecule has 2 aromatic heterocycles. The number of pyridine rings is 1. The first-order chi connectivity index (χ1) is 16.4. The number of nitrogens with zero attached hydrogens (tertiary/aromatic N) is 5. The molecule has 2 aliphatic heterocycles. The van der Waals surface area contributed by atoms with Gasteiger partial charge in [-0.1, -0.05) is 6.07 Å². The zero-order chi connectivity index (χ0) is 25.8. The van der Waals surface area contributed by atoms with E-state index in [1.54, 1.807) is 4.68 Å². The lowest BCUT2D eigenvalue weighted by Crippen LogP contribution is -2.50. The molecule has 2 aliphatic rings. The first-order valence-electron chi connectivity index (χ1n) is 11.2. The van der Waals surface area contributed by atoms with Crippen molar-refractivity contribution in [2.75, 3.05) is 19.6 Å². The van der Waals surface area contributed by atoms with Crippen molar-refractivity contribution in [3.8, 4) is 0 Å². The Balaban J connectivity index is 0.000000429. The van der Waals surface area contributed by atoms with E-state index < -0.39 is 17.6 Å². The molecule has 2 saturated heterocycles. The molecule has 1 spiro atoms. The number of carboxylic acid groups (broad SMARTS) is 1. The van der Waals surface area contributed by atoms with Crippen molar-refractivity contribution in [3.63, 3.8) is 0 Å². The lowest BCUT2D eigenvalue weighted by molar-refractivity contribution is -0.192. The van der Waals surface area contributed by atoms with Gasteiger partial charge in [-0.3, -0.25) is 19.3 Å². The number of amides is 2. The van der Waals surface area contributed by atoms with Crippen molar-refractivity contribution >= 4 is 17.8 Å². The van der Waals surface area contributed by atoms with E-state index in [4.69, 9.17) is 9.90 Å². The normalized spacial score (nSPS) is 20.1. The van der Waals surface area contributed by atoms with Crippen LogP contribution in [0.4, 0.5) is 13.2 Å². The summed E-state index contributed by atoms with van der Waals surface area (Å²) in [5.74, 6) is -2.52. The molecule has 0 radical (unpaired) electrons. The van der Waals surface area contributed by atoms with E-state index >= 15 is 0 Å². The zero-order valence-electron chi connectivity index (χ0n) is 19.6. The predicted octanol–water partition coefficient (Wildman–Crippen LogP) is 2.34. The quantitative estimate of drug-likeness (QED) is 0.698. The van der Waals surface area contributed by atoms with Crippen LogP contribution in [0.25, 0.3) is 0 Å². The number of aliphatic carboxylic acids is 1. The van der Waals surface area contributed by atoms with Gasteiger partial charge in [0.05, 0.1) is 29.8 Å². The van der Waals surface area contributed by atoms with Crippen LogP contribution in [-0.4, -0.2) is 73.3 Å². The predicted molar refractivity (Wildman–Crippen MR) is 118 cm³/mol. The Morgan fingerprint density at radius 1 is 1.14 bits per heavy atom. The number of likely N-dealkylation sites (tertiary alicyclic amines) is 2. The Hall–Kier alpha value is -3.44. The molecule has 9 nitrogen and oxygen atoms in total. The molecule has 12 heteroatoms. The maximum absolute atomic E-state index is 13.2. The standard InChI is InChI=1S/C21H27N5O2.C2HF3O2/c1-16-5-3-6-18(22-16)14-25-12-9-21(20(25)28)8-4-10-26(15-21)19(27)13-17-7-11-24(2)23-17;3-2(4,5)1(6)7/h3,5-7,11H,4,8-10,12-15H2,1-2H3;(H,6,7). The van der Waals surface area contributed by atoms with Gasteiger partial charge in [0.25, 0.3) is 0 Å². The molecule has 0 aliphatic carbocycles. The summed E-state index contributed by atoms with van der Waals surface area (Å²) in [5.41, 5.74) is 2.23. The SMILES string of the molecule is Cc1cccc(CN2CCC3(CCCN(C(=O)Cc4ccn(C)n4)C3)C2=O)n1.O=C(O)C(F)(F)F. The Morgan fingerprint density at radius 3 is 2.46 bits per heavy atom. The van der Waals surface area contributed by atoms with E-state index in [1.165, 1.54) is 0 Å². The molecule has 35 heavy (non-hydrogen) atoms. The van der Waals surface area contributed by atoms with Gasteiger partial charge in [0.15, 0.2) is 0 Å². The van der Waals surface area contributed by atoms with Gasteiger partial charge in [-0.2, -0.15) is 18.3 Å². The second-order valence-corrected chi connectivity index (χ2v) is 8.91. The third-order valence-corrected chi connectivity index (χ3v) is 6.17. The van der Waals surface area contributed by atoms with Gasteiger partial charge < -0.3 is 14.9 Å². The lowest BCUT2D eigenvalue weighted by Gasteiger charge is -2.39. The Bertz CT molecular complexity index is 1090. The van der Waals surface area contributed by atoms with E-state index in [9.17, 15) is 22.8 Å². The molecule has 0 aromatic carbocycles. The van der Waals surface area contributed by atoms with Crippen molar-refractivity contribution in [1.29, 1.82) is 0 Å². The van der Waals surface area contributed by atoms with Crippen LogP contribution in [0.2, 0.25) is 0 Å². The number of hydrogen-bond acceptors (Lipinski definition) is 5. The van der Waals surface area contributed by atoms with Crippen LogP contribution in [0.5, 0.6) is 0 Å². The maximum atomic E-state index is 13.2. The molecule has 4 heterocycles. The van der Waals surface area contributed by atoms with Gasteiger partial charge in [0.2, 0.25) is 11.8 Å². The Morgan fingerprint density at radius 2 is 1.86 bits per heavy atom. The van der Waals surface area contributed by atoms with Gasteiger partial charge in [-0.25, -0.2) is 4.79 Å². The van der Waals surface area contributed by atoms with Gasteiger partial charge in [0.1, 0.15) is 0 Å². The third-order valence-electron chi connectivity index (χ3n) is 6.17. The molecule has 2 amide bonds. The summed E-state index contributed by atoms with van der Waals surface area (Å²) in [6.07, 6.45) is -0.405. The van der Waals surface area contributed by atoms with E-state index in [1.807, 2.05) is 54.2 Å². The molecule has 0 bridgehead atoms. The molecule has 190 valence electrons. The maximum Gasteiger partial charge on any atom is 0.490 e. The van der Waals surface area contributed by atoms with E-state index in [2.05, 4.69) is 10.1 Å². The third kappa shape index (κ3) is 6.58. The number of piperidine rings is 1. The molecule has 2 aromatic rings. The van der Waals surface area contributed by atoms with Gasteiger partial charge in [0, 0.05) is 38.6 Å². The van der Waals surface area contributed by atoms with Crippen LogP contribution in [-0.2, 0) is 34.4 Å². The van der Waals surface area contributed by atoms with E-state index in [0.717, 1.165) is 49.4 Å². The number of aromatic nitrogens is 3. The topological polar surface area (TPSA) is 109 Å². The largest absolute Gasteiger partial charge is 0.490 e. The number of carboxylic acids is 1. The van der Waals surface area contributed by atoms with Crippen LogP contribution in [0.3, 0.4) is 0 Å². The minimum atomic E-state index is -5.08. The summed E-state index contributed by atoms with van der Waals surface area (Å²) in [7, 11) is 1.85. The number of rotatable bonds is 4. The summed E-state index contributed by atoms with van der Waals surface area (Å²) in [4.78, 5) is 43.2. The van der Waals surface area contributed by atoms with Crippen molar-refractivity contribution < 1.29 is 32.7 Å². The number of carbonyl (C=O) groups is 3. The van der Waals surface area contributed by atoms with E-state index in [-0.39, 0.29) is 11.8 Å². The number of halogens is 3. The Labute approximate surface area is 200 Å². The van der Waals surface area contributed by atoms with Gasteiger partial charge in [-0.05, 0) is 44.4 Å². The summed E-state index contributed by atoms with van der Waals surface area (Å²) in [6, 6.07) is 7.78. The fourth-order valence-electron chi connectivity index (χ4n) is 4.47. The van der Waals surface area contributed by atoms with Gasteiger partial charge in [-0.15, -0.1) is 0 Å². The zero-order valence-corrected chi connectivity index (χ0v) is 19.6. The highest BCUT2D eigenvalue weighted by atomic mass is 19.4. The molecule has 0 saturated carbocycles. The minimum absolute atomic E-state index is 0.0596. The summed E-state index contributed by atoms with van der Waals surface area (Å²) < 4.78 is 33.4. The summed E-state index contributed by atoms with van der Waals surface area (Å²) in [6.45, 7) is 4.49. The highest BCUT2D eigenvalue weighted by Gasteiger charge is 2.49. The number of aryl methyl sites for hydroxylation is 2. The second-order valence-electron chi connectivity index (χ2n) is 8.91. The molecular formula is C23H28F3N5O4. The highest BCUT2D eigenvalue weighted by Crippen LogP contribution is 2.40. The van der Waals surface area contributed by atoms with Crippen molar-refractivity contribution in [3.05, 3.63) is 47.5 Å². The number of alkyl halides is 3. The Kier molecular flexibility index (Phi) is 7.81. The van der Waals surface area contributed by atoms with Crippen LogP contribution in [0, 0.1) is 12.3 Å². The minimum Gasteiger partial charge on any atom is -0.475 e. The average molecular weight is 496 g/mol. The molecule has 1 N–H and O–H groups in total. The van der Waals surface area contributed by atoms with Crippen LogP contribution in [0.15, 0.2) is 30.5 Å².